The van der Waals surface area contributed by atoms with Crippen LogP contribution >= 0.6 is 0 Å². The van der Waals surface area contributed by atoms with Crippen LogP contribution in [0.25, 0.3) is 0 Å². The van der Waals surface area contributed by atoms with Crippen LogP contribution in [0, 0.1) is 11.3 Å². The van der Waals surface area contributed by atoms with E-state index in [0.29, 0.717) is 0 Å². The maximum Gasteiger partial charge on any atom is 0.401 e. The number of alkyl halides is 3. The number of rotatable bonds is 4. The van der Waals surface area contributed by atoms with E-state index in [9.17, 15) is 22.8 Å². The third-order valence-corrected chi connectivity index (χ3v) is 3.61. The van der Waals surface area contributed by atoms with E-state index in [1.165, 1.54) is 19.1 Å². The third kappa shape index (κ3) is 2.29. The number of benzene rings is 1. The molecule has 1 aliphatic rings. The molecule has 0 saturated heterocycles. The Morgan fingerprint density at radius 3 is 2.11 bits per heavy atom. The first-order valence-electron chi connectivity index (χ1n) is 6.00. The topological polar surface area (TPSA) is 34.1 Å². The van der Waals surface area contributed by atoms with Gasteiger partial charge in [-0.1, -0.05) is 30.3 Å². The molecule has 1 atom stereocenters. The first-order valence-corrected chi connectivity index (χ1v) is 6.00. The van der Waals surface area contributed by atoms with Gasteiger partial charge in [0.2, 0.25) is 0 Å². The van der Waals surface area contributed by atoms with E-state index >= 15 is 0 Å². The van der Waals surface area contributed by atoms with Crippen LogP contribution in [0.1, 0.15) is 30.1 Å². The predicted octanol–water partition coefficient (Wildman–Crippen LogP) is 3.42. The van der Waals surface area contributed by atoms with Crippen molar-refractivity contribution in [1.82, 2.24) is 0 Å². The molecule has 19 heavy (non-hydrogen) atoms. The average Bonchev–Trinajstić information content (AvgIpc) is 3.18. The molecule has 0 bridgehead atoms. The van der Waals surface area contributed by atoms with E-state index in [1.807, 2.05) is 0 Å². The van der Waals surface area contributed by atoms with Crippen LogP contribution in [0.5, 0.6) is 0 Å². The smallest absolute Gasteiger partial charge is 0.298 e. The molecule has 0 amide bonds. The van der Waals surface area contributed by atoms with Gasteiger partial charge in [-0.05, 0) is 19.8 Å². The van der Waals surface area contributed by atoms with Crippen molar-refractivity contribution < 1.29 is 22.8 Å². The molecule has 102 valence electrons. The number of carbonyl (C=O) groups excluding carboxylic acids is 2. The summed E-state index contributed by atoms with van der Waals surface area (Å²) in [5.41, 5.74) is -2.02. The number of hydrogen-bond donors (Lipinski definition) is 0. The van der Waals surface area contributed by atoms with Crippen LogP contribution in [-0.2, 0) is 4.79 Å². The monoisotopic (exact) mass is 270 g/mol. The van der Waals surface area contributed by atoms with Gasteiger partial charge < -0.3 is 0 Å². The Bertz CT molecular complexity index is 501. The molecule has 2 nitrogen and oxygen atoms in total. The quantitative estimate of drug-likeness (QED) is 0.620. The minimum Gasteiger partial charge on any atom is -0.298 e. The lowest BCUT2D eigenvalue weighted by Gasteiger charge is -2.21. The average molecular weight is 270 g/mol. The molecule has 1 saturated carbocycles. The molecule has 1 aromatic carbocycles. The number of Topliss-reactive ketones (excluding diaryl/α,β-unsaturated/α-hetero) is 2. The number of ketones is 2. The minimum absolute atomic E-state index is 0.207. The summed E-state index contributed by atoms with van der Waals surface area (Å²) in [6.45, 7) is 1.25. The zero-order valence-corrected chi connectivity index (χ0v) is 10.3. The molecule has 0 aliphatic heterocycles. The highest BCUT2D eigenvalue weighted by atomic mass is 19.4. The molecule has 0 radical (unpaired) electrons. The second kappa shape index (κ2) is 4.47. The van der Waals surface area contributed by atoms with Crippen LogP contribution in [0.15, 0.2) is 30.3 Å². The van der Waals surface area contributed by atoms with E-state index in [-0.39, 0.29) is 18.4 Å². The lowest BCUT2D eigenvalue weighted by Crippen LogP contribution is -2.38. The molecule has 1 aliphatic carbocycles. The molecule has 0 spiro atoms. The van der Waals surface area contributed by atoms with Crippen molar-refractivity contribution in [3.63, 3.8) is 0 Å². The van der Waals surface area contributed by atoms with Crippen LogP contribution in [0.4, 0.5) is 13.2 Å². The van der Waals surface area contributed by atoms with Crippen LogP contribution in [0.3, 0.4) is 0 Å². The van der Waals surface area contributed by atoms with Gasteiger partial charge in [-0.15, -0.1) is 0 Å². The lowest BCUT2D eigenvalue weighted by molar-refractivity contribution is -0.192. The highest BCUT2D eigenvalue weighted by Crippen LogP contribution is 2.59. The maximum atomic E-state index is 12.8. The van der Waals surface area contributed by atoms with Crippen molar-refractivity contribution in [1.29, 1.82) is 0 Å². The molecule has 0 N–H and O–H groups in total. The van der Waals surface area contributed by atoms with Gasteiger partial charge in [0.05, 0.1) is 5.92 Å². The van der Waals surface area contributed by atoms with Crippen molar-refractivity contribution >= 4 is 11.6 Å². The SMILES string of the molecule is CC(C(=O)c1ccccc1)C(=O)C1(C(F)(F)F)CC1. The Morgan fingerprint density at radius 2 is 1.68 bits per heavy atom. The fourth-order valence-electron chi connectivity index (χ4n) is 2.18. The fourth-order valence-corrected chi connectivity index (χ4v) is 2.18. The maximum absolute atomic E-state index is 12.8. The fraction of sp³-hybridized carbons (Fsp3) is 0.429. The van der Waals surface area contributed by atoms with Crippen molar-refractivity contribution in [3.05, 3.63) is 35.9 Å². The Balaban J connectivity index is 2.20. The van der Waals surface area contributed by atoms with Gasteiger partial charge in [-0.2, -0.15) is 13.2 Å². The summed E-state index contributed by atoms with van der Waals surface area (Å²) in [5.74, 6) is -2.82. The molecular weight excluding hydrogens is 257 g/mol. The van der Waals surface area contributed by atoms with Gasteiger partial charge in [0.15, 0.2) is 11.6 Å². The molecule has 5 heteroatoms. The summed E-state index contributed by atoms with van der Waals surface area (Å²) in [7, 11) is 0. The molecule has 1 aromatic rings. The third-order valence-electron chi connectivity index (χ3n) is 3.61. The van der Waals surface area contributed by atoms with Gasteiger partial charge in [0, 0.05) is 5.56 Å². The molecule has 1 unspecified atom stereocenters. The van der Waals surface area contributed by atoms with E-state index in [0.717, 1.165) is 0 Å². The number of halogens is 3. The first kappa shape index (κ1) is 13.8. The Hall–Kier alpha value is -1.65. The summed E-state index contributed by atoms with van der Waals surface area (Å²) in [4.78, 5) is 23.9. The highest BCUT2D eigenvalue weighted by Gasteiger charge is 2.68. The van der Waals surface area contributed by atoms with Crippen molar-refractivity contribution in [2.75, 3.05) is 0 Å². The highest BCUT2D eigenvalue weighted by molar-refractivity contribution is 6.12. The second-order valence-electron chi connectivity index (χ2n) is 4.90. The zero-order chi connectivity index (χ0) is 14.3. The van der Waals surface area contributed by atoms with E-state index in [4.69, 9.17) is 0 Å². The van der Waals surface area contributed by atoms with Gasteiger partial charge in [-0.25, -0.2) is 0 Å². The second-order valence-corrected chi connectivity index (χ2v) is 4.90. The van der Waals surface area contributed by atoms with E-state index in [1.54, 1.807) is 18.2 Å². The van der Waals surface area contributed by atoms with Gasteiger partial charge in [-0.3, -0.25) is 9.59 Å². The molecule has 0 heterocycles. The molecule has 2 rings (SSSR count). The molecule has 1 fully saturated rings. The van der Waals surface area contributed by atoms with Crippen LogP contribution in [0.2, 0.25) is 0 Å². The zero-order valence-electron chi connectivity index (χ0n) is 10.3. The van der Waals surface area contributed by atoms with Gasteiger partial charge >= 0.3 is 6.18 Å². The molecule has 0 aromatic heterocycles. The summed E-state index contributed by atoms with van der Waals surface area (Å²) in [6, 6.07) is 7.92. The standard InChI is InChI=1S/C14H13F3O2/c1-9(11(18)10-5-3-2-4-6-10)12(19)13(7-8-13)14(15,16)17/h2-6,9H,7-8H2,1H3. The largest absolute Gasteiger partial charge is 0.401 e. The number of hydrogen-bond acceptors (Lipinski definition) is 2. The van der Waals surface area contributed by atoms with Crippen LogP contribution in [-0.4, -0.2) is 17.7 Å². The summed E-state index contributed by atoms with van der Waals surface area (Å²) in [5, 5.41) is 0. The minimum atomic E-state index is -4.56. The Morgan fingerprint density at radius 1 is 1.16 bits per heavy atom. The van der Waals surface area contributed by atoms with Gasteiger partial charge in [0.25, 0.3) is 0 Å². The summed E-state index contributed by atoms with van der Waals surface area (Å²) >= 11 is 0. The van der Waals surface area contributed by atoms with Crippen molar-refractivity contribution in [2.45, 2.75) is 25.9 Å². The number of carbonyl (C=O) groups is 2. The van der Waals surface area contributed by atoms with Gasteiger partial charge in [0.1, 0.15) is 5.41 Å². The van der Waals surface area contributed by atoms with Crippen molar-refractivity contribution in [3.8, 4) is 0 Å². The summed E-state index contributed by atoms with van der Waals surface area (Å²) < 4.78 is 38.5. The first-order chi connectivity index (χ1) is 8.79. The van der Waals surface area contributed by atoms with E-state index in [2.05, 4.69) is 0 Å². The Kier molecular flexibility index (Phi) is 3.24. The summed E-state index contributed by atoms with van der Waals surface area (Å²) in [6.07, 6.45) is -4.97. The Labute approximate surface area is 108 Å². The normalized spacial score (nSPS) is 18.7. The lowest BCUT2D eigenvalue weighted by atomic mass is 9.86. The predicted molar refractivity (Wildman–Crippen MR) is 62.7 cm³/mol. The molecular formula is C14H13F3O2. The van der Waals surface area contributed by atoms with E-state index < -0.39 is 29.1 Å². The van der Waals surface area contributed by atoms with Crippen LogP contribution < -0.4 is 0 Å². The van der Waals surface area contributed by atoms with Crippen molar-refractivity contribution in [2.24, 2.45) is 11.3 Å².